The van der Waals surface area contributed by atoms with Gasteiger partial charge >= 0.3 is 0 Å². The zero-order valence-electron chi connectivity index (χ0n) is 10.3. The molecule has 1 N–H and O–H groups in total. The number of rotatable bonds is 5. The summed E-state index contributed by atoms with van der Waals surface area (Å²) in [4.78, 5) is 0. The lowest BCUT2D eigenvalue weighted by Crippen LogP contribution is -2.04. The molecule has 0 aliphatic carbocycles. The third-order valence-electron chi connectivity index (χ3n) is 2.88. The zero-order valence-corrected chi connectivity index (χ0v) is 14.2. The van der Waals surface area contributed by atoms with Crippen LogP contribution in [-0.4, -0.2) is 36.7 Å². The highest BCUT2D eigenvalue weighted by Crippen LogP contribution is 2.33. The lowest BCUT2D eigenvalue weighted by Gasteiger charge is -2.10. The van der Waals surface area contributed by atoms with Crippen LogP contribution < -0.4 is 5.32 Å². The predicted molar refractivity (Wildman–Crippen MR) is 91.6 cm³/mol. The van der Waals surface area contributed by atoms with Crippen LogP contribution >= 0.6 is 40.0 Å². The van der Waals surface area contributed by atoms with Gasteiger partial charge in [-0.05, 0) is 34.2 Å². The number of nitrogens with one attached hydrogen (secondary N) is 1. The van der Waals surface area contributed by atoms with Gasteiger partial charge in [0.25, 0.3) is 0 Å². The number of fused-ring (bicyclic) bond motifs is 1. The van der Waals surface area contributed by atoms with Crippen LogP contribution in [0.5, 0.6) is 0 Å². The first-order chi connectivity index (χ1) is 9.83. The Hall–Kier alpha value is -0.920. The third-order valence-corrected chi connectivity index (χ3v) is 4.96. The molecule has 9 heteroatoms. The Labute approximate surface area is 135 Å². The molecule has 2 heterocycles. The molecule has 0 saturated carbocycles. The fourth-order valence-electron chi connectivity index (χ4n) is 1.99. The molecule has 0 aliphatic rings. The second kappa shape index (κ2) is 6.24. The second-order valence-electron chi connectivity index (χ2n) is 4.05. The first-order valence-corrected chi connectivity index (χ1v) is 10.5. The monoisotopic (exact) mass is 420 g/mol. The summed E-state index contributed by atoms with van der Waals surface area (Å²) < 4.78 is 3.86. The van der Waals surface area contributed by atoms with Crippen molar-refractivity contribution in [3.63, 3.8) is 0 Å². The predicted octanol–water partition coefficient (Wildman–Crippen LogP) is 3.06. The van der Waals surface area contributed by atoms with Gasteiger partial charge in [0.05, 0.1) is 23.8 Å². The Balaban J connectivity index is 2.16. The average Bonchev–Trinajstić information content (AvgIpc) is 3.13. The van der Waals surface area contributed by atoms with Crippen LogP contribution in [0.3, 0.4) is 0 Å². The van der Waals surface area contributed by atoms with E-state index < -0.39 is 0 Å². The summed E-state index contributed by atoms with van der Waals surface area (Å²) >= 11 is 8.09. The summed E-state index contributed by atoms with van der Waals surface area (Å²) in [6, 6.07) is 4.14. The molecule has 1 atom stereocenters. The number of hydrogen-bond donors (Lipinski definition) is 1. The molecule has 0 radical (unpaired) electrons. The van der Waals surface area contributed by atoms with Gasteiger partial charge in [-0.2, -0.15) is 5.10 Å². The van der Waals surface area contributed by atoms with Gasteiger partial charge in [-0.15, -0.1) is 21.8 Å². The molecule has 104 valence electrons. The molecule has 2 aromatic heterocycles. The number of aromatic nitrogens is 5. The molecular formula is C11H11ClIN6P. The van der Waals surface area contributed by atoms with Crippen LogP contribution in [0.15, 0.2) is 31.0 Å². The van der Waals surface area contributed by atoms with Gasteiger partial charge in [0.1, 0.15) is 12.7 Å². The van der Waals surface area contributed by atoms with Gasteiger partial charge in [0.15, 0.2) is 0 Å². The SMILES string of the molecule is ClCCNc1cc(-n2cnnc2)cc2c1cnn2PI. The van der Waals surface area contributed by atoms with Crippen LogP contribution in [0.4, 0.5) is 5.69 Å². The van der Waals surface area contributed by atoms with Gasteiger partial charge in [-0.1, -0.05) is 0 Å². The Morgan fingerprint density at radius 3 is 2.80 bits per heavy atom. The third kappa shape index (κ3) is 2.62. The van der Waals surface area contributed by atoms with E-state index in [0.717, 1.165) is 22.3 Å². The molecule has 0 amide bonds. The summed E-state index contributed by atoms with van der Waals surface area (Å²) in [7, 11) is 0. The van der Waals surface area contributed by atoms with Crippen LogP contribution in [0.1, 0.15) is 0 Å². The smallest absolute Gasteiger partial charge is 0.123 e. The maximum atomic E-state index is 5.77. The van der Waals surface area contributed by atoms with Crippen molar-refractivity contribution in [2.24, 2.45) is 0 Å². The van der Waals surface area contributed by atoms with Gasteiger partial charge < -0.3 is 5.32 Å². The van der Waals surface area contributed by atoms with E-state index >= 15 is 0 Å². The number of benzene rings is 1. The van der Waals surface area contributed by atoms with E-state index in [1.807, 2.05) is 15.2 Å². The van der Waals surface area contributed by atoms with Crippen molar-refractivity contribution in [2.45, 2.75) is 0 Å². The first kappa shape index (κ1) is 14.0. The van der Waals surface area contributed by atoms with Gasteiger partial charge in [-0.3, -0.25) is 4.57 Å². The first-order valence-electron chi connectivity index (χ1n) is 5.86. The van der Waals surface area contributed by atoms with E-state index in [9.17, 15) is 0 Å². The summed E-state index contributed by atoms with van der Waals surface area (Å²) in [6.07, 6.45) is 5.79. The van der Waals surface area contributed by atoms with Crippen LogP contribution in [-0.2, 0) is 0 Å². The minimum absolute atomic E-state index is 0.550. The standard InChI is InChI=1S/C11H11ClIN6P/c12-1-2-14-10-3-8(18-6-15-16-7-18)4-11-9(10)5-17-19(11)20-13/h3-7,14,20H,1-2H2. The molecule has 0 bridgehead atoms. The van der Waals surface area contributed by atoms with E-state index in [-0.39, 0.29) is 0 Å². The van der Waals surface area contributed by atoms with Crippen molar-refractivity contribution in [1.29, 1.82) is 0 Å². The summed E-state index contributed by atoms with van der Waals surface area (Å²) in [6.45, 7) is 0.708. The molecule has 0 spiro atoms. The second-order valence-corrected chi connectivity index (χ2v) is 6.47. The maximum Gasteiger partial charge on any atom is 0.123 e. The molecule has 0 fully saturated rings. The molecular weight excluding hydrogens is 409 g/mol. The van der Waals surface area contributed by atoms with E-state index in [0.29, 0.717) is 18.8 Å². The lowest BCUT2D eigenvalue weighted by molar-refractivity contribution is 1.03. The molecule has 1 aromatic carbocycles. The number of halogens is 2. The highest BCUT2D eigenvalue weighted by Gasteiger charge is 2.10. The average molecular weight is 421 g/mol. The molecule has 3 rings (SSSR count). The Morgan fingerprint density at radius 1 is 1.30 bits per heavy atom. The molecule has 20 heavy (non-hydrogen) atoms. The van der Waals surface area contributed by atoms with Crippen molar-refractivity contribution in [2.75, 3.05) is 17.7 Å². The maximum absolute atomic E-state index is 5.77. The Bertz CT molecular complexity index is 713. The van der Waals surface area contributed by atoms with Crippen LogP contribution in [0.2, 0.25) is 0 Å². The zero-order chi connectivity index (χ0) is 13.9. The summed E-state index contributed by atoms with van der Waals surface area (Å²) in [5, 5.41) is 16.5. The van der Waals surface area contributed by atoms with Gasteiger partial charge in [0.2, 0.25) is 0 Å². The number of nitrogens with zero attached hydrogens (tertiary/aromatic N) is 5. The molecule has 6 nitrogen and oxygen atoms in total. The van der Waals surface area contributed by atoms with Crippen LogP contribution in [0.25, 0.3) is 16.6 Å². The lowest BCUT2D eigenvalue weighted by atomic mass is 10.2. The van der Waals surface area contributed by atoms with E-state index in [1.54, 1.807) is 12.7 Å². The number of hydrogen-bond acceptors (Lipinski definition) is 4. The van der Waals surface area contributed by atoms with Crippen molar-refractivity contribution in [1.82, 2.24) is 24.3 Å². The summed E-state index contributed by atoms with van der Waals surface area (Å²) in [5.74, 6) is 0.556. The quantitative estimate of drug-likeness (QED) is 0.392. The fraction of sp³-hybridized carbons (Fsp3) is 0.182. The van der Waals surface area contributed by atoms with Crippen molar-refractivity contribution < 1.29 is 0 Å². The Morgan fingerprint density at radius 2 is 2.10 bits per heavy atom. The number of anilines is 1. The van der Waals surface area contributed by atoms with Gasteiger partial charge in [0, 0.05) is 23.5 Å². The topological polar surface area (TPSA) is 60.6 Å². The summed E-state index contributed by atoms with van der Waals surface area (Å²) in [5.41, 5.74) is 3.10. The largest absolute Gasteiger partial charge is 0.383 e. The van der Waals surface area contributed by atoms with Crippen molar-refractivity contribution >= 4 is 56.6 Å². The molecule has 1 unspecified atom stereocenters. The normalized spacial score (nSPS) is 11.7. The molecule has 3 aromatic rings. The highest BCUT2D eigenvalue weighted by molar-refractivity contribution is 14.2. The Kier molecular flexibility index (Phi) is 4.38. The highest BCUT2D eigenvalue weighted by atomic mass is 127. The minimum atomic E-state index is 0.550. The molecule has 0 aliphatic heterocycles. The molecule has 0 saturated heterocycles. The van der Waals surface area contributed by atoms with Crippen molar-refractivity contribution in [3.05, 3.63) is 31.0 Å². The fourth-order valence-corrected chi connectivity index (χ4v) is 3.62. The van der Waals surface area contributed by atoms with Crippen molar-refractivity contribution in [3.8, 4) is 5.69 Å². The van der Waals surface area contributed by atoms with E-state index in [2.05, 4.69) is 54.8 Å². The number of alkyl halides is 1. The van der Waals surface area contributed by atoms with E-state index in [1.165, 1.54) is 0 Å². The van der Waals surface area contributed by atoms with E-state index in [4.69, 9.17) is 11.6 Å². The van der Waals surface area contributed by atoms with Crippen LogP contribution in [0, 0.1) is 0 Å². The van der Waals surface area contributed by atoms with Gasteiger partial charge in [-0.25, -0.2) is 4.45 Å². The minimum Gasteiger partial charge on any atom is -0.383 e.